The molecule has 0 amide bonds. The van der Waals surface area contributed by atoms with Crippen LogP contribution in [0.2, 0.25) is 0 Å². The van der Waals surface area contributed by atoms with Crippen molar-refractivity contribution in [3.8, 4) is 22.8 Å². The molecule has 0 spiro atoms. The quantitative estimate of drug-likeness (QED) is 0.185. The van der Waals surface area contributed by atoms with Crippen LogP contribution >= 0.6 is 0 Å². The highest BCUT2D eigenvalue weighted by molar-refractivity contribution is 6.03. The third kappa shape index (κ3) is 6.35. The second kappa shape index (κ2) is 12.9. The van der Waals surface area contributed by atoms with Gasteiger partial charge in [0.15, 0.2) is 0 Å². The van der Waals surface area contributed by atoms with Crippen molar-refractivity contribution in [1.82, 2.24) is 19.8 Å². The number of hydrogen-bond donors (Lipinski definition) is 2. The van der Waals surface area contributed by atoms with Crippen molar-refractivity contribution in [1.29, 1.82) is 0 Å². The van der Waals surface area contributed by atoms with Crippen molar-refractivity contribution < 1.29 is 19.4 Å². The molecular formula is C35H38N4O4. The van der Waals surface area contributed by atoms with E-state index in [1.165, 1.54) is 0 Å². The van der Waals surface area contributed by atoms with Crippen LogP contribution in [0.1, 0.15) is 28.0 Å². The zero-order valence-electron chi connectivity index (χ0n) is 24.8. The zero-order chi connectivity index (χ0) is 29.8. The van der Waals surface area contributed by atoms with Gasteiger partial charge >= 0.3 is 5.97 Å². The summed E-state index contributed by atoms with van der Waals surface area (Å²) in [6.07, 6.45) is 3.08. The molecule has 43 heavy (non-hydrogen) atoms. The van der Waals surface area contributed by atoms with E-state index in [-0.39, 0.29) is 5.69 Å². The van der Waals surface area contributed by atoms with Gasteiger partial charge in [-0.05, 0) is 55.0 Å². The first-order valence-corrected chi connectivity index (χ1v) is 15.0. The van der Waals surface area contributed by atoms with Crippen molar-refractivity contribution in [2.75, 3.05) is 53.0 Å². The molecule has 8 nitrogen and oxygen atoms in total. The molecule has 5 aromatic rings. The van der Waals surface area contributed by atoms with Crippen LogP contribution in [0.4, 0.5) is 0 Å². The number of ether oxygens (including phenoxy) is 2. The summed E-state index contributed by atoms with van der Waals surface area (Å²) >= 11 is 0. The largest absolute Gasteiger partial charge is 0.493 e. The van der Waals surface area contributed by atoms with E-state index < -0.39 is 5.97 Å². The van der Waals surface area contributed by atoms with Crippen LogP contribution in [-0.2, 0) is 6.42 Å². The number of nitrogens with zero attached hydrogens (tertiary/aromatic N) is 3. The maximum Gasteiger partial charge on any atom is 0.352 e. The Labute approximate surface area is 251 Å². The van der Waals surface area contributed by atoms with Gasteiger partial charge in [-0.3, -0.25) is 4.90 Å². The smallest absolute Gasteiger partial charge is 0.352 e. The Hall–Kier alpha value is -4.40. The Kier molecular flexibility index (Phi) is 8.58. The minimum Gasteiger partial charge on any atom is -0.493 e. The Balaban J connectivity index is 1.19. The minimum atomic E-state index is -0.966. The number of para-hydroxylation sites is 1. The van der Waals surface area contributed by atoms with Crippen molar-refractivity contribution in [3.63, 3.8) is 0 Å². The van der Waals surface area contributed by atoms with Crippen LogP contribution in [0.3, 0.4) is 0 Å². The van der Waals surface area contributed by atoms with Crippen LogP contribution in [-0.4, -0.2) is 83.8 Å². The highest BCUT2D eigenvalue weighted by Crippen LogP contribution is 2.35. The van der Waals surface area contributed by atoms with Gasteiger partial charge in [-0.2, -0.15) is 0 Å². The summed E-state index contributed by atoms with van der Waals surface area (Å²) < 4.78 is 12.2. The predicted octanol–water partition coefficient (Wildman–Crippen LogP) is 6.03. The number of fused-ring (bicyclic) bond motifs is 2. The maximum atomic E-state index is 12.3. The van der Waals surface area contributed by atoms with Crippen LogP contribution < -0.4 is 9.47 Å². The first-order chi connectivity index (χ1) is 21.0. The fourth-order valence-electron chi connectivity index (χ4n) is 5.92. The number of carboxylic acid groups (broad SMARTS) is 1. The molecule has 3 aromatic carbocycles. The van der Waals surface area contributed by atoms with Crippen LogP contribution in [0.25, 0.3) is 32.8 Å². The lowest BCUT2D eigenvalue weighted by Gasteiger charge is -2.32. The maximum absolute atomic E-state index is 12.3. The van der Waals surface area contributed by atoms with Gasteiger partial charge in [0.1, 0.15) is 18.1 Å². The number of H-pyrrole nitrogens is 1. The van der Waals surface area contributed by atoms with E-state index in [2.05, 4.69) is 45.0 Å². The fraction of sp³-hybridized carbons (Fsp3) is 0.314. The third-order valence-corrected chi connectivity index (χ3v) is 8.36. The lowest BCUT2D eigenvalue weighted by atomic mass is 9.98. The van der Waals surface area contributed by atoms with E-state index in [0.29, 0.717) is 31.9 Å². The Morgan fingerprint density at radius 3 is 2.53 bits per heavy atom. The topological polar surface area (TPSA) is 90.9 Å². The van der Waals surface area contributed by atoms with Gasteiger partial charge in [-0.25, -0.2) is 9.78 Å². The van der Waals surface area contributed by atoms with E-state index in [1.54, 1.807) is 0 Å². The van der Waals surface area contributed by atoms with Crippen molar-refractivity contribution >= 4 is 27.6 Å². The molecular weight excluding hydrogens is 540 g/mol. The molecule has 2 N–H and O–H groups in total. The van der Waals surface area contributed by atoms with Crippen molar-refractivity contribution in [2.24, 2.45) is 0 Å². The van der Waals surface area contributed by atoms with Crippen molar-refractivity contribution in [3.05, 3.63) is 89.7 Å². The summed E-state index contributed by atoms with van der Waals surface area (Å²) in [5.74, 6) is 0.446. The number of pyridine rings is 1. The molecule has 0 atom stereocenters. The van der Waals surface area contributed by atoms with Gasteiger partial charge in [-0.15, -0.1) is 0 Å². The van der Waals surface area contributed by atoms with Crippen LogP contribution in [0.15, 0.2) is 72.9 Å². The van der Waals surface area contributed by atoms with E-state index in [9.17, 15) is 9.90 Å². The monoisotopic (exact) mass is 578 g/mol. The molecule has 0 aliphatic carbocycles. The van der Waals surface area contributed by atoms with Gasteiger partial charge in [0.25, 0.3) is 0 Å². The Bertz CT molecular complexity index is 1730. The number of nitrogens with one attached hydrogen (secondary N) is 1. The van der Waals surface area contributed by atoms with Gasteiger partial charge in [0, 0.05) is 61.3 Å². The molecule has 0 radical (unpaired) electrons. The summed E-state index contributed by atoms with van der Waals surface area (Å²) in [5.41, 5.74) is 4.73. The van der Waals surface area contributed by atoms with E-state index in [0.717, 1.165) is 82.4 Å². The number of carboxylic acids is 1. The Morgan fingerprint density at radius 2 is 1.70 bits per heavy atom. The van der Waals surface area contributed by atoms with Gasteiger partial charge < -0.3 is 24.5 Å². The number of likely N-dealkylation sites (N-methyl/N-ethyl adjacent to an activating group) is 1. The standard InChI is InChI=1S/C35H38N4O4/c1-24-23-36-32(43-21-19-39-17-15-38(2)16-18-39)22-30(24)29-12-6-11-27-28(34(35(40)41)37-33(27)29)13-7-20-42-31-14-5-9-25-8-3-4-10-26(25)31/h3-6,8-12,14,22-23,37H,7,13,15-21H2,1-2H3,(H,40,41). The number of aromatic carboxylic acids is 1. The minimum absolute atomic E-state index is 0.225. The summed E-state index contributed by atoms with van der Waals surface area (Å²) in [5, 5.41) is 13.2. The predicted molar refractivity (Wildman–Crippen MR) is 170 cm³/mol. The van der Waals surface area contributed by atoms with Gasteiger partial charge in [-0.1, -0.05) is 54.6 Å². The number of rotatable bonds is 11. The number of carbonyl (C=O) groups is 1. The number of aryl methyl sites for hydroxylation is 2. The fourth-order valence-corrected chi connectivity index (χ4v) is 5.92. The molecule has 222 valence electrons. The molecule has 1 fully saturated rings. The average Bonchev–Trinajstić information content (AvgIpc) is 3.40. The highest BCUT2D eigenvalue weighted by atomic mass is 16.5. The zero-order valence-corrected chi connectivity index (χ0v) is 24.8. The Morgan fingerprint density at radius 1 is 0.930 bits per heavy atom. The molecule has 0 unspecified atom stereocenters. The first-order valence-electron chi connectivity index (χ1n) is 15.0. The normalized spacial score (nSPS) is 14.4. The number of piperazine rings is 1. The lowest BCUT2D eigenvalue weighted by molar-refractivity contribution is 0.0690. The van der Waals surface area contributed by atoms with E-state index in [1.807, 2.05) is 61.7 Å². The number of aromatic amines is 1. The summed E-state index contributed by atoms with van der Waals surface area (Å²) in [4.78, 5) is 24.8. The second-order valence-electron chi connectivity index (χ2n) is 11.3. The highest BCUT2D eigenvalue weighted by Gasteiger charge is 2.20. The molecule has 6 rings (SSSR count). The lowest BCUT2D eigenvalue weighted by Crippen LogP contribution is -2.45. The summed E-state index contributed by atoms with van der Waals surface area (Å²) in [6.45, 7) is 8.17. The number of hydrogen-bond acceptors (Lipinski definition) is 6. The number of aromatic nitrogens is 2. The van der Waals surface area contributed by atoms with Crippen molar-refractivity contribution in [2.45, 2.75) is 19.8 Å². The van der Waals surface area contributed by atoms with Crippen LogP contribution in [0, 0.1) is 6.92 Å². The SMILES string of the molecule is Cc1cnc(OCCN2CCN(C)CC2)cc1-c1cccc2c(CCCOc3cccc4ccccc34)c(C(=O)O)[nH]c12. The molecule has 1 aliphatic rings. The molecule has 3 heterocycles. The molecule has 8 heteroatoms. The summed E-state index contributed by atoms with van der Waals surface area (Å²) in [7, 11) is 2.15. The number of benzene rings is 3. The molecule has 1 aliphatic heterocycles. The van der Waals surface area contributed by atoms with Gasteiger partial charge in [0.05, 0.1) is 12.1 Å². The van der Waals surface area contributed by atoms with Crippen LogP contribution in [0.5, 0.6) is 11.6 Å². The molecule has 2 aromatic heterocycles. The molecule has 1 saturated heterocycles. The van der Waals surface area contributed by atoms with E-state index >= 15 is 0 Å². The third-order valence-electron chi connectivity index (χ3n) is 8.36. The molecule has 0 bridgehead atoms. The van der Waals surface area contributed by atoms with E-state index in [4.69, 9.17) is 9.47 Å². The van der Waals surface area contributed by atoms with Gasteiger partial charge in [0.2, 0.25) is 5.88 Å². The first kappa shape index (κ1) is 28.7. The average molecular weight is 579 g/mol. The second-order valence-corrected chi connectivity index (χ2v) is 11.3. The molecule has 0 saturated carbocycles. The summed E-state index contributed by atoms with van der Waals surface area (Å²) in [6, 6.07) is 22.2.